The Kier molecular flexibility index (Phi) is 56.0. The van der Waals surface area contributed by atoms with Crippen LogP contribution in [0.15, 0.2) is 0 Å². The molecule has 0 rings (SSSR count). The van der Waals surface area contributed by atoms with Crippen LogP contribution in [0.1, 0.15) is 174 Å². The van der Waals surface area contributed by atoms with E-state index in [1.54, 1.807) is 69.2 Å². The monoisotopic (exact) mass is 1210 g/mol. The summed E-state index contributed by atoms with van der Waals surface area (Å²) >= 11 is 0. The Hall–Kier alpha value is 0.540. The molecule has 9 N–H and O–H groups in total. The molecule has 0 spiro atoms. The highest BCUT2D eigenvalue weighted by Crippen LogP contribution is 2.48. The van der Waals surface area contributed by atoms with Crippen molar-refractivity contribution in [1.29, 1.82) is 0 Å². The van der Waals surface area contributed by atoms with Crippen molar-refractivity contribution >= 4 is 46.9 Å². The predicted molar refractivity (Wildman–Crippen MR) is 281 cm³/mol. The summed E-state index contributed by atoms with van der Waals surface area (Å²) in [5.74, 6) is 0. The van der Waals surface area contributed by atoms with E-state index in [2.05, 4.69) is 27.4 Å². The molecular formula is C41H100O27P6. The molecule has 0 aliphatic carbocycles. The molecule has 0 heterocycles. The highest BCUT2D eigenvalue weighted by molar-refractivity contribution is 7.48. The van der Waals surface area contributed by atoms with Crippen LogP contribution < -0.4 is 0 Å². The number of hydrogen-bond donors (Lipinski definition) is 9. The van der Waals surface area contributed by atoms with E-state index < -0.39 is 46.9 Å². The summed E-state index contributed by atoms with van der Waals surface area (Å²) in [7, 11) is -20.1. The van der Waals surface area contributed by atoms with Crippen LogP contribution in [-0.4, -0.2) is 140 Å². The minimum atomic E-state index is -4.31. The molecule has 33 heteroatoms. The lowest BCUT2D eigenvalue weighted by molar-refractivity contribution is 0.0290. The Balaban J connectivity index is -0.000000190. The van der Waals surface area contributed by atoms with Crippen molar-refractivity contribution in [3.05, 3.63) is 0 Å². The average Bonchev–Trinajstić information content (AvgIpc) is 3.23. The van der Waals surface area contributed by atoms with E-state index in [4.69, 9.17) is 56.9 Å². The van der Waals surface area contributed by atoms with E-state index >= 15 is 0 Å². The number of phosphoric acid groups is 6. The maximum absolute atomic E-state index is 11.5. The smallest absolute Gasteiger partial charge is 0.379 e. The summed E-state index contributed by atoms with van der Waals surface area (Å²) in [6.07, 6.45) is 6.38. The summed E-state index contributed by atoms with van der Waals surface area (Å²) < 4.78 is 121. The fraction of sp³-hybridized carbons (Fsp3) is 1.00. The summed E-state index contributed by atoms with van der Waals surface area (Å²) in [5.41, 5.74) is 0. The maximum atomic E-state index is 11.5. The third-order valence-corrected chi connectivity index (χ3v) is 13.8. The Morgan fingerprint density at radius 1 is 0.297 bits per heavy atom. The molecule has 456 valence electrons. The van der Waals surface area contributed by atoms with Crippen molar-refractivity contribution in [2.45, 2.75) is 229 Å². The summed E-state index contributed by atoms with van der Waals surface area (Å²) in [5, 5.41) is 0. The van der Waals surface area contributed by atoms with Gasteiger partial charge in [0.05, 0.1) is 74.8 Å². The first-order valence-corrected chi connectivity index (χ1v) is 33.4. The molecule has 0 fully saturated rings. The topological polar surface area (TPSA) is 395 Å². The summed E-state index contributed by atoms with van der Waals surface area (Å²) in [6.45, 7) is 27.1. The molecule has 0 aliphatic heterocycles. The van der Waals surface area contributed by atoms with E-state index in [1.807, 2.05) is 34.6 Å². The molecule has 0 radical (unpaired) electrons. The zero-order valence-corrected chi connectivity index (χ0v) is 52.5. The van der Waals surface area contributed by atoms with Gasteiger partial charge in [0.2, 0.25) is 0 Å². The van der Waals surface area contributed by atoms with Crippen LogP contribution >= 0.6 is 46.9 Å². The van der Waals surface area contributed by atoms with Gasteiger partial charge in [-0.3, -0.25) is 40.7 Å². The lowest BCUT2D eigenvalue weighted by Gasteiger charge is -2.20. The number of rotatable bonds is 35. The van der Waals surface area contributed by atoms with Crippen molar-refractivity contribution in [1.82, 2.24) is 0 Å². The van der Waals surface area contributed by atoms with Crippen LogP contribution in [0.5, 0.6) is 0 Å². The van der Waals surface area contributed by atoms with Gasteiger partial charge in [0.1, 0.15) is 0 Å². The first-order valence-electron chi connectivity index (χ1n) is 24.4. The van der Waals surface area contributed by atoms with Crippen LogP contribution in [0.25, 0.3) is 0 Å². The van der Waals surface area contributed by atoms with Crippen molar-refractivity contribution in [3.8, 4) is 0 Å². The first-order chi connectivity index (χ1) is 33.6. The van der Waals surface area contributed by atoms with E-state index in [0.29, 0.717) is 12.8 Å². The molecular weight excluding hydrogens is 1110 g/mol. The van der Waals surface area contributed by atoms with Gasteiger partial charge in [0.25, 0.3) is 0 Å². The first kappa shape index (κ1) is 85.8. The van der Waals surface area contributed by atoms with Crippen molar-refractivity contribution in [2.75, 3.05) is 41.2 Å². The zero-order chi connectivity index (χ0) is 59.6. The van der Waals surface area contributed by atoms with Crippen LogP contribution in [-0.2, 0) is 82.3 Å². The number of hydrogen-bond acceptors (Lipinski definition) is 18. The van der Waals surface area contributed by atoms with Gasteiger partial charge in [-0.15, -0.1) is 0 Å². The number of phosphoric ester groups is 6. The largest absolute Gasteiger partial charge is 0.472 e. The molecule has 0 amide bonds. The number of methoxy groups -OCH3 is 3. The minimum absolute atomic E-state index is 0.00560. The number of ether oxygens (including phenoxy) is 3. The lowest BCUT2D eigenvalue weighted by atomic mass is 10.2. The van der Waals surface area contributed by atoms with E-state index in [0.717, 1.165) is 57.8 Å². The quantitative estimate of drug-likeness (QED) is 0.0266. The molecule has 0 aromatic carbocycles. The highest BCUT2D eigenvalue weighted by atomic mass is 31.2. The van der Waals surface area contributed by atoms with Gasteiger partial charge >= 0.3 is 46.9 Å². The van der Waals surface area contributed by atoms with Crippen molar-refractivity contribution in [3.63, 3.8) is 0 Å². The van der Waals surface area contributed by atoms with Gasteiger partial charge < -0.3 is 58.3 Å². The molecule has 0 aromatic rings. The van der Waals surface area contributed by atoms with Gasteiger partial charge in [0.15, 0.2) is 0 Å². The zero-order valence-electron chi connectivity index (χ0n) is 47.2. The Morgan fingerprint density at radius 2 is 0.514 bits per heavy atom. The second-order valence-electron chi connectivity index (χ2n) is 16.8. The standard InChI is InChI=1S/2C10H23O4P.C8H19O6P.C5H13O4P.C4H11O5P.C4H11O4P/c2*1-5-7-9(3)13-15(11,12)14-10(4)8-6-2;1-7(11-3)5-13-15(9,10)14-6-8(2)12-4;1-3-4-5(2)9-10(6,7)8;1-4(8-2)3-9-10(5,6)7;1-3-4(2)8-9(5,6)7/h2*9-10H,5-8H2,1-4H3,(H,11,12);7-8H,5-6H2,1-4H3,(H,9,10);5H,3-4H2,1-2H3,(H2,6,7,8);4H,3H2,1-2H3,(H2,5,6,7);4H,3H2,1-2H3,(H2,5,6,7). The normalized spacial score (nSPS) is 17.9. The third kappa shape index (κ3) is 72.5. The molecule has 9 atom stereocenters. The third-order valence-electron chi connectivity index (χ3n) is 8.57. The van der Waals surface area contributed by atoms with Gasteiger partial charge in [0, 0.05) is 21.3 Å². The van der Waals surface area contributed by atoms with Gasteiger partial charge in [-0.2, -0.15) is 0 Å². The highest BCUT2D eigenvalue weighted by Gasteiger charge is 2.28. The van der Waals surface area contributed by atoms with Crippen LogP contribution in [0.4, 0.5) is 0 Å². The van der Waals surface area contributed by atoms with Crippen LogP contribution in [0, 0.1) is 0 Å². The van der Waals surface area contributed by atoms with Gasteiger partial charge in [-0.1, -0.05) is 73.6 Å². The molecule has 0 aromatic heterocycles. The van der Waals surface area contributed by atoms with Crippen molar-refractivity contribution in [2.24, 2.45) is 0 Å². The minimum Gasteiger partial charge on any atom is -0.379 e. The average molecular weight is 1210 g/mol. The van der Waals surface area contributed by atoms with Gasteiger partial charge in [-0.25, -0.2) is 27.4 Å². The Bertz CT molecular complexity index is 1490. The molecule has 74 heavy (non-hydrogen) atoms. The SMILES string of the molecule is CCC(C)OP(=O)(O)O.CCCC(C)OP(=O)(O)O.CCCC(C)OP(=O)(O)OC(C)CCC.CCCC(C)OP(=O)(O)OC(C)CCC.COC(C)COP(=O)(O)O.COC(C)COP(=O)(O)OCC(C)OC. The molecule has 9 unspecified atom stereocenters. The molecule has 0 bridgehead atoms. The summed E-state index contributed by atoms with van der Waals surface area (Å²) in [4.78, 5) is 77.5. The second-order valence-corrected chi connectivity index (χ2v) is 24.5. The Morgan fingerprint density at radius 3 is 0.689 bits per heavy atom. The molecule has 0 saturated carbocycles. The predicted octanol–water partition coefficient (Wildman–Crippen LogP) is 10.5. The lowest BCUT2D eigenvalue weighted by Crippen LogP contribution is -2.16. The van der Waals surface area contributed by atoms with Crippen LogP contribution in [0.3, 0.4) is 0 Å². The van der Waals surface area contributed by atoms with E-state index in [1.165, 1.54) is 21.3 Å². The molecule has 0 saturated heterocycles. The van der Waals surface area contributed by atoms with Crippen molar-refractivity contribution < 1.29 is 126 Å². The van der Waals surface area contributed by atoms with Crippen LogP contribution in [0.2, 0.25) is 0 Å². The van der Waals surface area contributed by atoms with Gasteiger partial charge in [-0.05, 0) is 101 Å². The van der Waals surface area contributed by atoms with E-state index in [9.17, 15) is 42.1 Å². The Labute approximate surface area is 442 Å². The van der Waals surface area contributed by atoms with E-state index in [-0.39, 0.29) is 74.8 Å². The fourth-order valence-electron chi connectivity index (χ4n) is 4.64. The fourth-order valence-corrected chi connectivity index (χ4v) is 9.45. The maximum Gasteiger partial charge on any atom is 0.472 e. The summed E-state index contributed by atoms with van der Waals surface area (Å²) in [6, 6.07) is 0. The molecule has 0 aliphatic rings. The molecule has 27 nitrogen and oxygen atoms in total. The second kappa shape index (κ2) is 48.3.